The highest BCUT2D eigenvalue weighted by molar-refractivity contribution is 5.89. The van der Waals surface area contributed by atoms with E-state index in [4.69, 9.17) is 5.26 Å². The second-order valence-corrected chi connectivity index (χ2v) is 3.13. The molecule has 14 heavy (non-hydrogen) atoms. The first kappa shape index (κ1) is 8.52. The van der Waals surface area contributed by atoms with Crippen LogP contribution in [0, 0.1) is 11.3 Å². The normalized spacial score (nSPS) is 10.0. The van der Waals surface area contributed by atoms with E-state index in [0.717, 1.165) is 17.2 Å². The van der Waals surface area contributed by atoms with Crippen LogP contribution in [0.15, 0.2) is 24.3 Å². The lowest BCUT2D eigenvalue weighted by Crippen LogP contribution is -1.92. The molecule has 1 aromatic carbocycles. The number of aldehydes is 1. The molecule has 0 amide bonds. The largest absolute Gasteiger partial charge is 0.341 e. The van der Waals surface area contributed by atoms with Crippen molar-refractivity contribution in [3.8, 4) is 6.07 Å². The molecule has 0 spiro atoms. The number of aryl methyl sites for hydroxylation is 1. The molecule has 1 heterocycles. The minimum Gasteiger partial charge on any atom is -0.341 e. The third-order valence-electron chi connectivity index (χ3n) is 2.33. The summed E-state index contributed by atoms with van der Waals surface area (Å²) in [6, 6.07) is 9.22. The second kappa shape index (κ2) is 3.00. The molecular weight excluding hydrogens is 176 g/mol. The molecule has 0 aliphatic carbocycles. The van der Waals surface area contributed by atoms with Gasteiger partial charge in [0.25, 0.3) is 0 Å². The van der Waals surface area contributed by atoms with Gasteiger partial charge in [0.15, 0.2) is 6.29 Å². The molecule has 0 N–H and O–H groups in total. The molecule has 0 fully saturated rings. The summed E-state index contributed by atoms with van der Waals surface area (Å²) in [5.41, 5.74) is 2.20. The Bertz CT molecular complexity index is 546. The van der Waals surface area contributed by atoms with Gasteiger partial charge in [-0.1, -0.05) is 0 Å². The van der Waals surface area contributed by atoms with Crippen LogP contribution in [0.4, 0.5) is 0 Å². The monoisotopic (exact) mass is 184 g/mol. The SMILES string of the molecule is Cn1c(C=O)cc2cc(C#N)ccc21. The maximum Gasteiger partial charge on any atom is 0.166 e. The van der Waals surface area contributed by atoms with E-state index in [1.54, 1.807) is 18.2 Å². The third kappa shape index (κ3) is 1.09. The first-order valence-electron chi connectivity index (χ1n) is 4.21. The van der Waals surface area contributed by atoms with Crippen molar-refractivity contribution in [1.82, 2.24) is 4.57 Å². The predicted molar refractivity (Wildman–Crippen MR) is 53.0 cm³/mol. The maximum absolute atomic E-state index is 10.7. The molecule has 0 saturated carbocycles. The van der Waals surface area contributed by atoms with Gasteiger partial charge in [0.05, 0.1) is 17.3 Å². The Morgan fingerprint density at radius 3 is 2.86 bits per heavy atom. The van der Waals surface area contributed by atoms with Crippen molar-refractivity contribution in [2.24, 2.45) is 7.05 Å². The predicted octanol–water partition coefficient (Wildman–Crippen LogP) is 1.86. The number of rotatable bonds is 1. The summed E-state index contributed by atoms with van der Waals surface area (Å²) in [7, 11) is 1.83. The zero-order valence-electron chi connectivity index (χ0n) is 7.69. The van der Waals surface area contributed by atoms with Crippen molar-refractivity contribution in [2.75, 3.05) is 0 Å². The van der Waals surface area contributed by atoms with Crippen LogP contribution in [-0.2, 0) is 7.05 Å². The molecule has 2 rings (SSSR count). The fourth-order valence-corrected chi connectivity index (χ4v) is 1.55. The van der Waals surface area contributed by atoms with Crippen molar-refractivity contribution in [3.05, 3.63) is 35.5 Å². The van der Waals surface area contributed by atoms with Crippen molar-refractivity contribution < 1.29 is 4.79 Å². The summed E-state index contributed by atoms with van der Waals surface area (Å²) in [4.78, 5) is 10.7. The molecule has 68 valence electrons. The minimum absolute atomic E-state index is 0.612. The topological polar surface area (TPSA) is 45.8 Å². The molecule has 0 saturated heterocycles. The summed E-state index contributed by atoms with van der Waals surface area (Å²) < 4.78 is 1.81. The van der Waals surface area contributed by atoms with Crippen molar-refractivity contribution >= 4 is 17.2 Å². The average molecular weight is 184 g/mol. The van der Waals surface area contributed by atoms with Crippen molar-refractivity contribution in [1.29, 1.82) is 5.26 Å². The molecule has 3 nitrogen and oxygen atoms in total. The highest BCUT2D eigenvalue weighted by atomic mass is 16.1. The van der Waals surface area contributed by atoms with E-state index in [9.17, 15) is 4.79 Å². The minimum atomic E-state index is 0.612. The van der Waals surface area contributed by atoms with Crippen molar-refractivity contribution in [2.45, 2.75) is 0 Å². The number of hydrogen-bond donors (Lipinski definition) is 0. The van der Waals surface area contributed by atoms with Crippen LogP contribution >= 0.6 is 0 Å². The zero-order chi connectivity index (χ0) is 10.1. The van der Waals surface area contributed by atoms with Gasteiger partial charge in [-0.2, -0.15) is 5.26 Å². The number of fused-ring (bicyclic) bond motifs is 1. The molecule has 2 aromatic rings. The van der Waals surface area contributed by atoms with E-state index in [1.807, 2.05) is 17.7 Å². The molecule has 0 bridgehead atoms. The van der Waals surface area contributed by atoms with Gasteiger partial charge in [-0.05, 0) is 24.3 Å². The first-order valence-corrected chi connectivity index (χ1v) is 4.21. The molecule has 0 aliphatic rings. The van der Waals surface area contributed by atoms with Gasteiger partial charge < -0.3 is 4.57 Å². The van der Waals surface area contributed by atoms with Crippen LogP contribution in [0.25, 0.3) is 10.9 Å². The molecule has 0 aliphatic heterocycles. The van der Waals surface area contributed by atoms with Crippen LogP contribution in [0.1, 0.15) is 16.1 Å². The van der Waals surface area contributed by atoms with Gasteiger partial charge in [-0.25, -0.2) is 0 Å². The Kier molecular flexibility index (Phi) is 1.83. The summed E-state index contributed by atoms with van der Waals surface area (Å²) in [6.07, 6.45) is 0.812. The Morgan fingerprint density at radius 2 is 2.21 bits per heavy atom. The van der Waals surface area contributed by atoms with Crippen LogP contribution in [-0.4, -0.2) is 10.9 Å². The van der Waals surface area contributed by atoms with E-state index in [0.29, 0.717) is 11.3 Å². The van der Waals surface area contributed by atoms with Gasteiger partial charge in [0.1, 0.15) is 0 Å². The van der Waals surface area contributed by atoms with Crippen LogP contribution < -0.4 is 0 Å². The van der Waals surface area contributed by atoms with E-state index >= 15 is 0 Å². The summed E-state index contributed by atoms with van der Waals surface area (Å²) in [5, 5.41) is 9.63. The van der Waals surface area contributed by atoms with Crippen molar-refractivity contribution in [3.63, 3.8) is 0 Å². The molecule has 0 atom stereocenters. The average Bonchev–Trinajstić information content (AvgIpc) is 2.55. The Morgan fingerprint density at radius 1 is 1.43 bits per heavy atom. The van der Waals surface area contributed by atoms with Crippen LogP contribution in [0.2, 0.25) is 0 Å². The Hall–Kier alpha value is -2.08. The quantitative estimate of drug-likeness (QED) is 0.635. The molecular formula is C11H8N2O. The van der Waals surface area contributed by atoms with Gasteiger partial charge in [-0.15, -0.1) is 0 Å². The maximum atomic E-state index is 10.7. The van der Waals surface area contributed by atoms with Crippen LogP contribution in [0.5, 0.6) is 0 Å². The summed E-state index contributed by atoms with van der Waals surface area (Å²) in [5.74, 6) is 0. The fourth-order valence-electron chi connectivity index (χ4n) is 1.55. The lowest BCUT2D eigenvalue weighted by atomic mass is 10.2. The van der Waals surface area contributed by atoms with Gasteiger partial charge >= 0.3 is 0 Å². The van der Waals surface area contributed by atoms with E-state index in [2.05, 4.69) is 6.07 Å². The van der Waals surface area contributed by atoms with Crippen LogP contribution in [0.3, 0.4) is 0 Å². The van der Waals surface area contributed by atoms with Gasteiger partial charge in [0.2, 0.25) is 0 Å². The number of nitrogens with zero attached hydrogens (tertiary/aromatic N) is 2. The second-order valence-electron chi connectivity index (χ2n) is 3.13. The number of carbonyl (C=O) groups is 1. The number of aromatic nitrogens is 1. The van der Waals surface area contributed by atoms with E-state index in [1.165, 1.54) is 0 Å². The lowest BCUT2D eigenvalue weighted by Gasteiger charge is -1.96. The third-order valence-corrected chi connectivity index (χ3v) is 2.33. The summed E-state index contributed by atoms with van der Waals surface area (Å²) in [6.45, 7) is 0. The molecule has 0 unspecified atom stereocenters. The number of benzene rings is 1. The lowest BCUT2D eigenvalue weighted by molar-refractivity contribution is 0.111. The summed E-state index contributed by atoms with van der Waals surface area (Å²) >= 11 is 0. The smallest absolute Gasteiger partial charge is 0.166 e. The van der Waals surface area contributed by atoms with Gasteiger partial charge in [0, 0.05) is 18.0 Å². The number of hydrogen-bond acceptors (Lipinski definition) is 2. The Balaban J connectivity index is 2.80. The number of nitriles is 1. The van der Waals surface area contributed by atoms with E-state index in [-0.39, 0.29) is 0 Å². The standard InChI is InChI=1S/C11H8N2O/c1-13-10(7-14)5-9-4-8(6-12)2-3-11(9)13/h2-5,7H,1H3. The van der Waals surface area contributed by atoms with E-state index < -0.39 is 0 Å². The highest BCUT2D eigenvalue weighted by Gasteiger charge is 2.04. The Labute approximate surface area is 81.2 Å². The highest BCUT2D eigenvalue weighted by Crippen LogP contribution is 2.18. The first-order chi connectivity index (χ1) is 6.76. The zero-order valence-corrected chi connectivity index (χ0v) is 7.69. The van der Waals surface area contributed by atoms with Gasteiger partial charge in [-0.3, -0.25) is 4.79 Å². The fraction of sp³-hybridized carbons (Fsp3) is 0.0909. The number of carbonyl (C=O) groups excluding carboxylic acids is 1. The molecule has 1 aromatic heterocycles. The molecule has 0 radical (unpaired) electrons. The molecule has 3 heteroatoms.